The number of pyridine rings is 1. The van der Waals surface area contributed by atoms with Crippen LogP contribution in [0, 0.1) is 0 Å². The lowest BCUT2D eigenvalue weighted by atomic mass is 10.2. The number of nitrogens with zero attached hydrogens (tertiary/aromatic N) is 2. The van der Waals surface area contributed by atoms with Crippen molar-refractivity contribution in [1.82, 2.24) is 9.88 Å². The van der Waals surface area contributed by atoms with E-state index in [1.54, 1.807) is 31.0 Å². The van der Waals surface area contributed by atoms with E-state index in [1.165, 1.54) is 6.20 Å². The SMILES string of the molecule is CCOc1ccc(C(=O)N(C)CCC(C)O)cn1. The van der Waals surface area contributed by atoms with Gasteiger partial charge in [0.25, 0.3) is 5.91 Å². The summed E-state index contributed by atoms with van der Waals surface area (Å²) in [6, 6.07) is 3.37. The minimum Gasteiger partial charge on any atom is -0.478 e. The number of rotatable bonds is 6. The van der Waals surface area contributed by atoms with E-state index in [0.29, 0.717) is 31.0 Å². The smallest absolute Gasteiger partial charge is 0.255 e. The molecular formula is C13H20N2O3. The Morgan fingerprint density at radius 2 is 2.28 bits per heavy atom. The monoisotopic (exact) mass is 252 g/mol. The summed E-state index contributed by atoms with van der Waals surface area (Å²) in [6.45, 7) is 4.65. The van der Waals surface area contributed by atoms with Crippen LogP contribution in [0.15, 0.2) is 18.3 Å². The normalized spacial score (nSPS) is 12.0. The van der Waals surface area contributed by atoms with Crippen LogP contribution in [0.25, 0.3) is 0 Å². The van der Waals surface area contributed by atoms with Gasteiger partial charge in [0, 0.05) is 25.9 Å². The first kappa shape index (κ1) is 14.4. The number of amides is 1. The molecule has 1 N–H and O–H groups in total. The molecule has 0 fully saturated rings. The van der Waals surface area contributed by atoms with Crippen molar-refractivity contribution in [1.29, 1.82) is 0 Å². The van der Waals surface area contributed by atoms with Crippen LogP contribution in [0.3, 0.4) is 0 Å². The Hall–Kier alpha value is -1.62. The van der Waals surface area contributed by atoms with Crippen LogP contribution >= 0.6 is 0 Å². The molecule has 5 heteroatoms. The van der Waals surface area contributed by atoms with E-state index >= 15 is 0 Å². The molecule has 1 amide bonds. The second-order valence-electron chi connectivity index (χ2n) is 4.18. The molecule has 5 nitrogen and oxygen atoms in total. The highest BCUT2D eigenvalue weighted by Crippen LogP contribution is 2.09. The van der Waals surface area contributed by atoms with Crippen LogP contribution < -0.4 is 4.74 Å². The molecule has 0 aliphatic carbocycles. The lowest BCUT2D eigenvalue weighted by Crippen LogP contribution is -2.29. The van der Waals surface area contributed by atoms with Gasteiger partial charge in [-0.15, -0.1) is 0 Å². The van der Waals surface area contributed by atoms with Gasteiger partial charge in [-0.25, -0.2) is 4.98 Å². The third-order valence-electron chi connectivity index (χ3n) is 2.50. The van der Waals surface area contributed by atoms with Crippen LogP contribution in [0.5, 0.6) is 5.88 Å². The van der Waals surface area contributed by atoms with E-state index in [9.17, 15) is 9.90 Å². The molecule has 0 radical (unpaired) electrons. The molecule has 1 heterocycles. The van der Waals surface area contributed by atoms with Crippen molar-refractivity contribution in [2.75, 3.05) is 20.2 Å². The Morgan fingerprint density at radius 1 is 1.56 bits per heavy atom. The predicted octanol–water partition coefficient (Wildman–Crippen LogP) is 1.32. The minimum absolute atomic E-state index is 0.105. The first-order valence-corrected chi connectivity index (χ1v) is 6.07. The summed E-state index contributed by atoms with van der Waals surface area (Å²) in [6.07, 6.45) is 1.66. The lowest BCUT2D eigenvalue weighted by Gasteiger charge is -2.17. The fourth-order valence-electron chi connectivity index (χ4n) is 1.44. The summed E-state index contributed by atoms with van der Waals surface area (Å²) < 4.78 is 5.21. The molecular weight excluding hydrogens is 232 g/mol. The molecule has 18 heavy (non-hydrogen) atoms. The summed E-state index contributed by atoms with van der Waals surface area (Å²) >= 11 is 0. The maximum atomic E-state index is 12.0. The molecule has 1 aromatic heterocycles. The number of ether oxygens (including phenoxy) is 1. The van der Waals surface area contributed by atoms with Crippen LogP contribution in [0.4, 0.5) is 0 Å². The van der Waals surface area contributed by atoms with Gasteiger partial charge >= 0.3 is 0 Å². The van der Waals surface area contributed by atoms with Crippen molar-refractivity contribution >= 4 is 5.91 Å². The van der Waals surface area contributed by atoms with Crippen molar-refractivity contribution in [3.63, 3.8) is 0 Å². The average molecular weight is 252 g/mol. The molecule has 1 aromatic rings. The van der Waals surface area contributed by atoms with E-state index in [4.69, 9.17) is 4.74 Å². The Morgan fingerprint density at radius 3 is 2.78 bits per heavy atom. The molecule has 0 spiro atoms. The van der Waals surface area contributed by atoms with Gasteiger partial charge < -0.3 is 14.7 Å². The second-order valence-corrected chi connectivity index (χ2v) is 4.18. The van der Waals surface area contributed by atoms with Crippen LogP contribution in [-0.2, 0) is 0 Å². The highest BCUT2D eigenvalue weighted by Gasteiger charge is 2.12. The Kier molecular flexibility index (Phi) is 5.58. The van der Waals surface area contributed by atoms with E-state index in [-0.39, 0.29) is 5.91 Å². The van der Waals surface area contributed by atoms with E-state index in [1.807, 2.05) is 6.92 Å². The average Bonchev–Trinajstić information content (AvgIpc) is 2.36. The Balaban J connectivity index is 2.60. The topological polar surface area (TPSA) is 62.7 Å². The molecule has 0 bridgehead atoms. The number of aromatic nitrogens is 1. The number of carbonyl (C=O) groups excluding carboxylic acids is 1. The number of aliphatic hydroxyl groups is 1. The van der Waals surface area contributed by atoms with Crippen molar-refractivity contribution < 1.29 is 14.6 Å². The zero-order valence-corrected chi connectivity index (χ0v) is 11.1. The zero-order valence-electron chi connectivity index (χ0n) is 11.1. The van der Waals surface area contributed by atoms with E-state index < -0.39 is 6.10 Å². The number of carbonyl (C=O) groups is 1. The number of hydrogen-bond acceptors (Lipinski definition) is 4. The van der Waals surface area contributed by atoms with E-state index in [2.05, 4.69) is 4.98 Å². The van der Waals surface area contributed by atoms with Gasteiger partial charge in [-0.3, -0.25) is 4.79 Å². The quantitative estimate of drug-likeness (QED) is 0.829. The molecule has 1 unspecified atom stereocenters. The van der Waals surface area contributed by atoms with Crippen LogP contribution in [0.1, 0.15) is 30.6 Å². The van der Waals surface area contributed by atoms with Gasteiger partial charge in [-0.05, 0) is 26.3 Å². The Labute approximate surface area is 107 Å². The maximum Gasteiger partial charge on any atom is 0.255 e. The third-order valence-corrected chi connectivity index (χ3v) is 2.50. The summed E-state index contributed by atoms with van der Waals surface area (Å²) in [5.41, 5.74) is 0.520. The maximum absolute atomic E-state index is 12.0. The Bertz CT molecular complexity index is 376. The van der Waals surface area contributed by atoms with E-state index in [0.717, 1.165) is 0 Å². The third kappa shape index (κ3) is 4.33. The first-order chi connectivity index (χ1) is 8.54. The highest BCUT2D eigenvalue weighted by atomic mass is 16.5. The van der Waals surface area contributed by atoms with Gasteiger partial charge in [0.05, 0.1) is 18.3 Å². The van der Waals surface area contributed by atoms with Gasteiger partial charge in [0.2, 0.25) is 5.88 Å². The van der Waals surface area contributed by atoms with Crippen molar-refractivity contribution in [2.24, 2.45) is 0 Å². The molecule has 0 aliphatic rings. The van der Waals surface area contributed by atoms with Crippen LogP contribution in [-0.4, -0.2) is 47.2 Å². The minimum atomic E-state index is -0.404. The highest BCUT2D eigenvalue weighted by molar-refractivity contribution is 5.93. The number of aliphatic hydroxyl groups excluding tert-OH is 1. The molecule has 0 aliphatic heterocycles. The van der Waals surface area contributed by atoms with Gasteiger partial charge in [0.15, 0.2) is 0 Å². The summed E-state index contributed by atoms with van der Waals surface area (Å²) in [4.78, 5) is 17.6. The summed E-state index contributed by atoms with van der Waals surface area (Å²) in [5.74, 6) is 0.409. The molecule has 100 valence electrons. The fourth-order valence-corrected chi connectivity index (χ4v) is 1.44. The summed E-state index contributed by atoms with van der Waals surface area (Å²) in [7, 11) is 1.71. The second kappa shape index (κ2) is 6.96. The predicted molar refractivity (Wildman–Crippen MR) is 68.7 cm³/mol. The number of hydrogen-bond donors (Lipinski definition) is 1. The largest absolute Gasteiger partial charge is 0.478 e. The lowest BCUT2D eigenvalue weighted by molar-refractivity contribution is 0.0768. The molecule has 0 saturated heterocycles. The standard InChI is InChI=1S/C13H20N2O3/c1-4-18-12-6-5-11(9-14-12)13(17)15(3)8-7-10(2)16/h5-6,9-10,16H,4,7-8H2,1-3H3. The van der Waals surface area contributed by atoms with Gasteiger partial charge in [0.1, 0.15) is 0 Å². The van der Waals surface area contributed by atoms with Crippen molar-refractivity contribution in [3.05, 3.63) is 23.9 Å². The molecule has 1 atom stereocenters. The van der Waals surface area contributed by atoms with Crippen molar-refractivity contribution in [3.8, 4) is 5.88 Å². The van der Waals surface area contributed by atoms with Gasteiger partial charge in [-0.2, -0.15) is 0 Å². The zero-order chi connectivity index (χ0) is 13.5. The molecule has 0 saturated carbocycles. The first-order valence-electron chi connectivity index (χ1n) is 6.07. The molecule has 1 rings (SSSR count). The fraction of sp³-hybridized carbons (Fsp3) is 0.538. The summed E-state index contributed by atoms with van der Waals surface area (Å²) in [5, 5.41) is 9.18. The van der Waals surface area contributed by atoms with Crippen LogP contribution in [0.2, 0.25) is 0 Å². The van der Waals surface area contributed by atoms with Gasteiger partial charge in [-0.1, -0.05) is 0 Å². The van der Waals surface area contributed by atoms with Crippen molar-refractivity contribution in [2.45, 2.75) is 26.4 Å². The molecule has 0 aromatic carbocycles.